The van der Waals surface area contributed by atoms with Gasteiger partial charge in [-0.3, -0.25) is 19.1 Å². The van der Waals surface area contributed by atoms with Gasteiger partial charge >= 0.3 is 0 Å². The van der Waals surface area contributed by atoms with Crippen LogP contribution in [0.25, 0.3) is 0 Å². The molecule has 148 valence electrons. The maximum absolute atomic E-state index is 14.4. The minimum Gasteiger partial charge on any atom is -0.366 e. The van der Waals surface area contributed by atoms with Crippen molar-refractivity contribution in [1.82, 2.24) is 14.7 Å². The van der Waals surface area contributed by atoms with Gasteiger partial charge in [-0.15, -0.1) is 0 Å². The van der Waals surface area contributed by atoms with Crippen molar-refractivity contribution in [2.45, 2.75) is 20.8 Å². The number of Topliss-reactive ketones (excluding diaryl/α,β-unsaturated/α-hetero) is 2. The Labute approximate surface area is 162 Å². The van der Waals surface area contributed by atoms with E-state index in [1.165, 1.54) is 17.9 Å². The van der Waals surface area contributed by atoms with Gasteiger partial charge in [0.2, 0.25) is 0 Å². The third-order valence-electron chi connectivity index (χ3n) is 5.19. The average molecular weight is 386 g/mol. The normalized spacial score (nSPS) is 14.3. The Bertz CT molecular complexity index is 959. The molecular weight excluding hydrogens is 363 g/mol. The van der Waals surface area contributed by atoms with Gasteiger partial charge in [0, 0.05) is 44.5 Å². The number of aryl methyl sites for hydroxylation is 2. The summed E-state index contributed by atoms with van der Waals surface area (Å²) in [5, 5.41) is 4.19. The van der Waals surface area contributed by atoms with Gasteiger partial charge < -0.3 is 9.80 Å². The first kappa shape index (κ1) is 19.7. The Morgan fingerprint density at radius 2 is 1.71 bits per heavy atom. The maximum atomic E-state index is 14.4. The second kappa shape index (κ2) is 7.53. The molecule has 1 fully saturated rings. The smallest absolute Gasteiger partial charge is 0.295 e. The van der Waals surface area contributed by atoms with Crippen molar-refractivity contribution >= 4 is 23.2 Å². The van der Waals surface area contributed by atoms with E-state index in [4.69, 9.17) is 0 Å². The topological polar surface area (TPSA) is 75.5 Å². The number of halogens is 1. The Kier molecular flexibility index (Phi) is 5.31. The SMILES string of the molecule is CC(=O)c1ccc(N2CCN(C(=O)C(=O)c3c(C)nn(C)c3C)CC2)c(F)c1. The molecule has 0 atom stereocenters. The molecule has 1 aliphatic heterocycles. The molecule has 1 aliphatic rings. The molecule has 0 N–H and O–H groups in total. The van der Waals surface area contributed by atoms with E-state index in [0.717, 1.165) is 0 Å². The summed E-state index contributed by atoms with van der Waals surface area (Å²) >= 11 is 0. The highest BCUT2D eigenvalue weighted by molar-refractivity contribution is 6.43. The van der Waals surface area contributed by atoms with Crippen LogP contribution in [0, 0.1) is 19.7 Å². The summed E-state index contributed by atoms with van der Waals surface area (Å²) in [7, 11) is 1.73. The summed E-state index contributed by atoms with van der Waals surface area (Å²) in [5.74, 6) is -1.79. The molecule has 0 unspecified atom stereocenters. The number of rotatable bonds is 4. The molecule has 1 amide bonds. The fraction of sp³-hybridized carbons (Fsp3) is 0.400. The third-order valence-corrected chi connectivity index (χ3v) is 5.19. The van der Waals surface area contributed by atoms with Gasteiger partial charge in [0.25, 0.3) is 11.7 Å². The number of carbonyl (C=O) groups excluding carboxylic acids is 3. The maximum Gasteiger partial charge on any atom is 0.295 e. The van der Waals surface area contributed by atoms with Crippen LogP contribution in [0.4, 0.5) is 10.1 Å². The quantitative estimate of drug-likeness (QED) is 0.593. The van der Waals surface area contributed by atoms with Gasteiger partial charge in [0.05, 0.1) is 16.9 Å². The molecule has 8 heteroatoms. The summed E-state index contributed by atoms with van der Waals surface area (Å²) < 4.78 is 15.9. The number of hydrogen-bond acceptors (Lipinski definition) is 5. The van der Waals surface area contributed by atoms with Crippen LogP contribution in [0.15, 0.2) is 18.2 Å². The Hall–Kier alpha value is -3.03. The predicted octanol–water partition coefficient (Wildman–Crippen LogP) is 1.91. The number of ketones is 2. The van der Waals surface area contributed by atoms with Crippen molar-refractivity contribution in [3.63, 3.8) is 0 Å². The zero-order valence-electron chi connectivity index (χ0n) is 16.5. The van der Waals surface area contributed by atoms with Crippen molar-refractivity contribution in [2.75, 3.05) is 31.1 Å². The largest absolute Gasteiger partial charge is 0.366 e. The van der Waals surface area contributed by atoms with E-state index in [0.29, 0.717) is 54.4 Å². The molecule has 0 radical (unpaired) electrons. The van der Waals surface area contributed by atoms with E-state index in [1.807, 2.05) is 4.90 Å². The zero-order valence-corrected chi connectivity index (χ0v) is 16.5. The van der Waals surface area contributed by atoms with Crippen molar-refractivity contribution in [3.05, 3.63) is 46.5 Å². The number of piperazine rings is 1. The van der Waals surface area contributed by atoms with Crippen molar-refractivity contribution in [2.24, 2.45) is 7.05 Å². The van der Waals surface area contributed by atoms with E-state index < -0.39 is 17.5 Å². The van der Waals surface area contributed by atoms with Crippen LogP contribution in [0.3, 0.4) is 0 Å². The summed E-state index contributed by atoms with van der Waals surface area (Å²) in [6.45, 7) is 6.29. The molecule has 1 aromatic heterocycles. The molecule has 1 aromatic carbocycles. The van der Waals surface area contributed by atoms with Crippen LogP contribution in [0.1, 0.15) is 39.0 Å². The Balaban J connectivity index is 1.69. The lowest BCUT2D eigenvalue weighted by atomic mass is 10.1. The van der Waals surface area contributed by atoms with Crippen LogP contribution in [0.5, 0.6) is 0 Å². The van der Waals surface area contributed by atoms with Gasteiger partial charge in [-0.1, -0.05) is 0 Å². The average Bonchev–Trinajstić information content (AvgIpc) is 2.92. The van der Waals surface area contributed by atoms with Gasteiger partial charge in [0.15, 0.2) is 5.78 Å². The van der Waals surface area contributed by atoms with E-state index in [2.05, 4.69) is 5.10 Å². The number of nitrogens with zero attached hydrogens (tertiary/aromatic N) is 4. The number of aromatic nitrogens is 2. The zero-order chi connectivity index (χ0) is 20.6. The molecule has 2 heterocycles. The number of anilines is 1. The highest BCUT2D eigenvalue weighted by atomic mass is 19.1. The molecule has 2 aromatic rings. The first-order chi connectivity index (χ1) is 13.2. The number of hydrogen-bond donors (Lipinski definition) is 0. The van der Waals surface area contributed by atoms with Gasteiger partial charge in [-0.25, -0.2) is 4.39 Å². The van der Waals surface area contributed by atoms with Crippen LogP contribution < -0.4 is 4.90 Å². The lowest BCUT2D eigenvalue weighted by Crippen LogP contribution is -2.51. The first-order valence-corrected chi connectivity index (χ1v) is 9.10. The third kappa shape index (κ3) is 3.54. The Morgan fingerprint density at radius 1 is 1.07 bits per heavy atom. The first-order valence-electron chi connectivity index (χ1n) is 9.10. The summed E-state index contributed by atoms with van der Waals surface area (Å²) in [4.78, 5) is 40.0. The fourth-order valence-electron chi connectivity index (χ4n) is 3.49. The van der Waals surface area contributed by atoms with Gasteiger partial charge in [-0.05, 0) is 39.0 Å². The molecule has 0 bridgehead atoms. The number of amides is 1. The second-order valence-corrected chi connectivity index (χ2v) is 7.00. The summed E-state index contributed by atoms with van der Waals surface area (Å²) in [6.07, 6.45) is 0. The second-order valence-electron chi connectivity index (χ2n) is 7.00. The monoisotopic (exact) mass is 386 g/mol. The molecule has 28 heavy (non-hydrogen) atoms. The molecule has 7 nitrogen and oxygen atoms in total. The van der Waals surface area contributed by atoms with Crippen molar-refractivity contribution in [3.8, 4) is 0 Å². The van der Waals surface area contributed by atoms with E-state index in [1.54, 1.807) is 37.7 Å². The molecule has 0 saturated carbocycles. The van der Waals surface area contributed by atoms with E-state index >= 15 is 0 Å². The minimum atomic E-state index is -0.564. The minimum absolute atomic E-state index is 0.194. The van der Waals surface area contributed by atoms with Gasteiger partial charge in [0.1, 0.15) is 5.82 Å². The Morgan fingerprint density at radius 3 is 2.21 bits per heavy atom. The van der Waals surface area contributed by atoms with Crippen LogP contribution in [-0.2, 0) is 11.8 Å². The fourth-order valence-corrected chi connectivity index (χ4v) is 3.49. The van der Waals surface area contributed by atoms with Crippen LogP contribution in [-0.4, -0.2) is 58.3 Å². The lowest BCUT2D eigenvalue weighted by Gasteiger charge is -2.36. The summed E-state index contributed by atoms with van der Waals surface area (Å²) in [5.41, 5.74) is 2.25. The number of carbonyl (C=O) groups is 3. The van der Waals surface area contributed by atoms with Crippen molar-refractivity contribution < 1.29 is 18.8 Å². The molecule has 0 aliphatic carbocycles. The van der Waals surface area contributed by atoms with E-state index in [9.17, 15) is 18.8 Å². The number of benzene rings is 1. The molecule has 0 spiro atoms. The highest BCUT2D eigenvalue weighted by Gasteiger charge is 2.30. The van der Waals surface area contributed by atoms with Crippen LogP contribution in [0.2, 0.25) is 0 Å². The molecule has 3 rings (SSSR count). The standard InChI is InChI=1S/C20H23FN4O3/c1-12-18(13(2)23(4)22-12)19(27)20(28)25-9-7-24(8-10-25)17-6-5-15(14(3)26)11-16(17)21/h5-6,11H,7-10H2,1-4H3. The van der Waals surface area contributed by atoms with Crippen molar-refractivity contribution in [1.29, 1.82) is 0 Å². The molecular formula is C20H23FN4O3. The van der Waals surface area contributed by atoms with Crippen LogP contribution >= 0.6 is 0 Å². The predicted molar refractivity (Wildman–Crippen MR) is 102 cm³/mol. The lowest BCUT2D eigenvalue weighted by molar-refractivity contribution is -0.126. The van der Waals surface area contributed by atoms with E-state index in [-0.39, 0.29) is 5.78 Å². The summed E-state index contributed by atoms with van der Waals surface area (Å²) in [6, 6.07) is 4.40. The van der Waals surface area contributed by atoms with Gasteiger partial charge in [-0.2, -0.15) is 5.10 Å². The highest BCUT2D eigenvalue weighted by Crippen LogP contribution is 2.23. The molecule has 1 saturated heterocycles.